The number of nitrogens with zero attached hydrogens (tertiary/aromatic N) is 3. The van der Waals surface area contributed by atoms with Crippen molar-refractivity contribution in [2.45, 2.75) is 0 Å². The average Bonchev–Trinajstić information content (AvgIpc) is 2.58. The highest BCUT2D eigenvalue weighted by Crippen LogP contribution is 2.29. The van der Waals surface area contributed by atoms with Gasteiger partial charge >= 0.3 is 0 Å². The molecule has 0 unspecified atom stereocenters. The Kier molecular flexibility index (Phi) is 1.54. The molecule has 4 N–H and O–H groups in total. The van der Waals surface area contributed by atoms with E-state index in [9.17, 15) is 0 Å². The molecular formula is C9H7N5S. The second kappa shape index (κ2) is 2.77. The molecule has 74 valence electrons. The Balaban J connectivity index is 2.56. The van der Waals surface area contributed by atoms with Crippen LogP contribution < -0.4 is 11.5 Å². The molecule has 0 atom stereocenters. The first-order valence-corrected chi connectivity index (χ1v) is 5.13. The summed E-state index contributed by atoms with van der Waals surface area (Å²) in [5.41, 5.74) is 12.9. The van der Waals surface area contributed by atoms with Crippen LogP contribution in [0.3, 0.4) is 0 Å². The number of hydrogen-bond donors (Lipinski definition) is 2. The molecule has 0 amide bonds. The van der Waals surface area contributed by atoms with Crippen molar-refractivity contribution in [3.8, 4) is 0 Å². The fourth-order valence-electron chi connectivity index (χ4n) is 1.51. The van der Waals surface area contributed by atoms with Crippen LogP contribution in [0.2, 0.25) is 0 Å². The van der Waals surface area contributed by atoms with E-state index in [1.54, 1.807) is 6.20 Å². The van der Waals surface area contributed by atoms with Crippen LogP contribution >= 0.6 is 11.3 Å². The van der Waals surface area contributed by atoms with E-state index in [1.165, 1.54) is 11.3 Å². The van der Waals surface area contributed by atoms with Gasteiger partial charge in [0.1, 0.15) is 0 Å². The first-order chi connectivity index (χ1) is 7.24. The molecule has 0 radical (unpaired) electrons. The maximum atomic E-state index is 5.65. The van der Waals surface area contributed by atoms with Gasteiger partial charge in [-0.3, -0.25) is 0 Å². The summed E-state index contributed by atoms with van der Waals surface area (Å²) in [5.74, 6) is 0.266. The van der Waals surface area contributed by atoms with E-state index in [2.05, 4.69) is 15.0 Å². The molecule has 1 aromatic carbocycles. The zero-order valence-electron chi connectivity index (χ0n) is 7.64. The monoisotopic (exact) mass is 217 g/mol. The van der Waals surface area contributed by atoms with Crippen molar-refractivity contribution in [3.05, 3.63) is 18.3 Å². The minimum Gasteiger partial charge on any atom is -0.375 e. The minimum absolute atomic E-state index is 0.266. The van der Waals surface area contributed by atoms with Gasteiger partial charge in [0.05, 0.1) is 15.7 Å². The molecule has 15 heavy (non-hydrogen) atoms. The van der Waals surface area contributed by atoms with Crippen LogP contribution in [0.5, 0.6) is 0 Å². The normalized spacial score (nSPS) is 11.2. The van der Waals surface area contributed by atoms with Crippen LogP contribution in [-0.2, 0) is 0 Å². The Morgan fingerprint density at radius 1 is 1.13 bits per heavy atom. The summed E-state index contributed by atoms with van der Waals surface area (Å²) in [5, 5.41) is 1.48. The fourth-order valence-corrected chi connectivity index (χ4v) is 2.34. The molecule has 0 saturated heterocycles. The van der Waals surface area contributed by atoms with Gasteiger partial charge in [-0.15, -0.1) is 0 Å². The van der Waals surface area contributed by atoms with Gasteiger partial charge in [0.25, 0.3) is 0 Å². The predicted molar refractivity (Wildman–Crippen MR) is 61.5 cm³/mol. The number of hydrogen-bond acceptors (Lipinski definition) is 6. The number of benzene rings is 1. The zero-order chi connectivity index (χ0) is 10.4. The Morgan fingerprint density at radius 3 is 2.87 bits per heavy atom. The lowest BCUT2D eigenvalue weighted by Gasteiger charge is -1.97. The second-order valence-corrected chi connectivity index (χ2v) is 4.16. The fraction of sp³-hybridized carbons (Fsp3) is 0. The van der Waals surface area contributed by atoms with Gasteiger partial charge in [-0.05, 0) is 12.1 Å². The third-order valence-corrected chi connectivity index (χ3v) is 3.05. The van der Waals surface area contributed by atoms with Crippen molar-refractivity contribution in [2.24, 2.45) is 0 Å². The number of fused-ring (bicyclic) bond motifs is 3. The molecule has 3 aromatic rings. The second-order valence-electron chi connectivity index (χ2n) is 3.13. The third-order valence-electron chi connectivity index (χ3n) is 2.14. The maximum absolute atomic E-state index is 5.65. The highest BCUT2D eigenvalue weighted by Gasteiger charge is 2.07. The third kappa shape index (κ3) is 1.18. The Labute approximate surface area is 88.8 Å². The number of thiazole rings is 1. The summed E-state index contributed by atoms with van der Waals surface area (Å²) in [4.78, 5) is 12.3. The quantitative estimate of drug-likeness (QED) is 0.594. The standard InChI is InChI=1S/C9H7N5S/c10-8-12-3-4-1-2-5-7(6(4)14-8)15-9(11)13-5/h1-3H,(H2,11,13)(H2,10,12,14). The van der Waals surface area contributed by atoms with Crippen LogP contribution in [-0.4, -0.2) is 15.0 Å². The van der Waals surface area contributed by atoms with Crippen molar-refractivity contribution < 1.29 is 0 Å². The van der Waals surface area contributed by atoms with E-state index in [-0.39, 0.29) is 5.95 Å². The summed E-state index contributed by atoms with van der Waals surface area (Å²) in [7, 11) is 0. The molecule has 6 heteroatoms. The Morgan fingerprint density at radius 2 is 2.00 bits per heavy atom. The highest BCUT2D eigenvalue weighted by atomic mass is 32.1. The lowest BCUT2D eigenvalue weighted by atomic mass is 10.2. The van der Waals surface area contributed by atoms with Gasteiger partial charge in [-0.2, -0.15) is 0 Å². The zero-order valence-corrected chi connectivity index (χ0v) is 8.45. The lowest BCUT2D eigenvalue weighted by molar-refractivity contribution is 1.24. The molecule has 0 aliphatic carbocycles. The Hall–Kier alpha value is -1.95. The van der Waals surface area contributed by atoms with E-state index < -0.39 is 0 Å². The molecule has 5 nitrogen and oxygen atoms in total. The molecule has 0 fully saturated rings. The van der Waals surface area contributed by atoms with E-state index in [4.69, 9.17) is 11.5 Å². The van der Waals surface area contributed by atoms with Crippen molar-refractivity contribution in [2.75, 3.05) is 11.5 Å². The van der Waals surface area contributed by atoms with Crippen LogP contribution in [0.4, 0.5) is 11.1 Å². The summed E-state index contributed by atoms with van der Waals surface area (Å²) < 4.78 is 0.958. The number of anilines is 2. The van der Waals surface area contributed by atoms with Gasteiger partial charge in [0, 0.05) is 11.6 Å². The summed E-state index contributed by atoms with van der Waals surface area (Å²) in [6.45, 7) is 0. The highest BCUT2D eigenvalue weighted by molar-refractivity contribution is 7.22. The summed E-state index contributed by atoms with van der Waals surface area (Å²) in [6.07, 6.45) is 1.70. The SMILES string of the molecule is Nc1ncc2ccc3nc(N)sc3c2n1. The first kappa shape index (κ1) is 8.37. The van der Waals surface area contributed by atoms with Crippen LogP contribution in [0.15, 0.2) is 18.3 Å². The van der Waals surface area contributed by atoms with E-state index >= 15 is 0 Å². The molecule has 0 aliphatic heterocycles. The van der Waals surface area contributed by atoms with Crippen molar-refractivity contribution in [1.82, 2.24) is 15.0 Å². The molecule has 0 aliphatic rings. The number of aromatic nitrogens is 3. The average molecular weight is 217 g/mol. The maximum Gasteiger partial charge on any atom is 0.220 e. The molecule has 3 rings (SSSR count). The van der Waals surface area contributed by atoms with E-state index in [1.807, 2.05) is 12.1 Å². The van der Waals surface area contributed by atoms with Gasteiger partial charge in [0.2, 0.25) is 5.95 Å². The van der Waals surface area contributed by atoms with Crippen molar-refractivity contribution in [3.63, 3.8) is 0 Å². The van der Waals surface area contributed by atoms with Crippen LogP contribution in [0, 0.1) is 0 Å². The largest absolute Gasteiger partial charge is 0.375 e. The predicted octanol–water partition coefficient (Wildman–Crippen LogP) is 1.40. The number of nitrogen functional groups attached to an aromatic ring is 2. The van der Waals surface area contributed by atoms with E-state index in [0.717, 1.165) is 21.1 Å². The molecule has 0 spiro atoms. The van der Waals surface area contributed by atoms with E-state index in [0.29, 0.717) is 5.13 Å². The molecule has 2 heterocycles. The first-order valence-electron chi connectivity index (χ1n) is 4.31. The van der Waals surface area contributed by atoms with Gasteiger partial charge < -0.3 is 11.5 Å². The molecule has 2 aromatic heterocycles. The van der Waals surface area contributed by atoms with Crippen molar-refractivity contribution >= 4 is 43.5 Å². The molecular weight excluding hydrogens is 210 g/mol. The molecule has 0 bridgehead atoms. The minimum atomic E-state index is 0.266. The summed E-state index contributed by atoms with van der Waals surface area (Å²) in [6, 6.07) is 3.82. The lowest BCUT2D eigenvalue weighted by Crippen LogP contribution is -1.93. The van der Waals surface area contributed by atoms with Crippen molar-refractivity contribution in [1.29, 1.82) is 0 Å². The Bertz CT molecular complexity index is 660. The topological polar surface area (TPSA) is 90.7 Å². The van der Waals surface area contributed by atoms with Gasteiger partial charge in [-0.25, -0.2) is 15.0 Å². The smallest absolute Gasteiger partial charge is 0.220 e. The number of nitrogens with two attached hydrogens (primary N) is 2. The summed E-state index contributed by atoms with van der Waals surface area (Å²) >= 11 is 1.41. The van der Waals surface area contributed by atoms with Crippen LogP contribution in [0.1, 0.15) is 0 Å². The number of rotatable bonds is 0. The van der Waals surface area contributed by atoms with Gasteiger partial charge in [0.15, 0.2) is 5.13 Å². The van der Waals surface area contributed by atoms with Gasteiger partial charge in [-0.1, -0.05) is 11.3 Å². The van der Waals surface area contributed by atoms with Crippen LogP contribution in [0.25, 0.3) is 21.1 Å². The molecule has 0 saturated carbocycles.